The van der Waals surface area contributed by atoms with E-state index >= 15 is 0 Å². The summed E-state index contributed by atoms with van der Waals surface area (Å²) in [5.41, 5.74) is 0.473. The van der Waals surface area contributed by atoms with Gasteiger partial charge in [-0.25, -0.2) is 9.78 Å². The third-order valence-corrected chi connectivity index (χ3v) is 3.84. The van der Waals surface area contributed by atoms with Crippen molar-refractivity contribution in [2.45, 2.75) is 39.7 Å². The molecule has 0 aromatic carbocycles. The van der Waals surface area contributed by atoms with Crippen molar-refractivity contribution >= 4 is 11.8 Å². The quantitative estimate of drug-likeness (QED) is 0.753. The fraction of sp³-hybridized carbons (Fsp3) is 0.529. The van der Waals surface area contributed by atoms with Crippen LogP contribution in [0.25, 0.3) is 0 Å². The molecule has 2 aromatic heterocycles. The molecule has 0 spiro atoms. The number of aromatic nitrogens is 3. The molecule has 0 aliphatic carbocycles. The molecule has 3 heterocycles. The molecule has 1 aliphatic rings. The average Bonchev–Trinajstić information content (AvgIpc) is 3.24. The van der Waals surface area contributed by atoms with Crippen molar-refractivity contribution < 1.29 is 14.1 Å². The standard InChI is InChI=1S/C17H22N4O3/c1-12(2)10-14-19-15(24-20-14)11-23-17(22)13-6-5-7-18-16(13)21-8-3-4-9-21/h5-7,12H,3-4,8-11H2,1-2H3. The smallest absolute Gasteiger partial charge is 0.342 e. The minimum atomic E-state index is -0.423. The molecule has 0 N–H and O–H groups in total. The van der Waals surface area contributed by atoms with Gasteiger partial charge in [-0.05, 0) is 30.9 Å². The zero-order chi connectivity index (χ0) is 16.9. The molecule has 0 amide bonds. The zero-order valence-corrected chi connectivity index (χ0v) is 14.1. The van der Waals surface area contributed by atoms with Gasteiger partial charge in [0.15, 0.2) is 12.4 Å². The predicted octanol–water partition coefficient (Wildman–Crippen LogP) is 2.62. The normalized spacial score (nSPS) is 14.4. The fourth-order valence-electron chi connectivity index (χ4n) is 2.74. The molecular formula is C17H22N4O3. The number of hydrogen-bond acceptors (Lipinski definition) is 7. The Balaban J connectivity index is 1.64. The third-order valence-electron chi connectivity index (χ3n) is 3.84. The summed E-state index contributed by atoms with van der Waals surface area (Å²) < 4.78 is 10.4. The van der Waals surface area contributed by atoms with Gasteiger partial charge >= 0.3 is 5.97 Å². The number of carbonyl (C=O) groups is 1. The number of pyridine rings is 1. The van der Waals surface area contributed by atoms with Crippen molar-refractivity contribution in [1.82, 2.24) is 15.1 Å². The maximum atomic E-state index is 12.4. The molecule has 7 heteroatoms. The summed E-state index contributed by atoms with van der Waals surface area (Å²) in [6, 6.07) is 3.48. The molecule has 1 fully saturated rings. The van der Waals surface area contributed by atoms with Crippen LogP contribution >= 0.6 is 0 Å². The molecule has 7 nitrogen and oxygen atoms in total. The Morgan fingerprint density at radius 2 is 2.17 bits per heavy atom. The van der Waals surface area contributed by atoms with Gasteiger partial charge in [0, 0.05) is 25.7 Å². The number of esters is 1. The van der Waals surface area contributed by atoms with Crippen molar-refractivity contribution in [1.29, 1.82) is 0 Å². The molecule has 0 bridgehead atoms. The number of anilines is 1. The Labute approximate surface area is 141 Å². The second kappa shape index (κ2) is 7.42. The van der Waals surface area contributed by atoms with Crippen molar-refractivity contribution in [3.8, 4) is 0 Å². The summed E-state index contributed by atoms with van der Waals surface area (Å²) in [6.45, 7) is 5.97. The Morgan fingerprint density at radius 3 is 2.92 bits per heavy atom. The SMILES string of the molecule is CC(C)Cc1noc(COC(=O)c2cccnc2N2CCCC2)n1. The Morgan fingerprint density at radius 1 is 1.38 bits per heavy atom. The van der Waals surface area contributed by atoms with Gasteiger partial charge in [0.2, 0.25) is 0 Å². The van der Waals surface area contributed by atoms with E-state index < -0.39 is 5.97 Å². The summed E-state index contributed by atoms with van der Waals surface area (Å²) in [5, 5.41) is 3.89. The van der Waals surface area contributed by atoms with Crippen LogP contribution < -0.4 is 4.90 Å². The van der Waals surface area contributed by atoms with Crippen molar-refractivity contribution in [2.24, 2.45) is 5.92 Å². The summed E-state index contributed by atoms with van der Waals surface area (Å²) in [6.07, 6.45) is 4.66. The first kappa shape index (κ1) is 16.4. The van der Waals surface area contributed by atoms with Gasteiger partial charge in [-0.15, -0.1) is 0 Å². The topological polar surface area (TPSA) is 81.3 Å². The summed E-state index contributed by atoms with van der Waals surface area (Å²) in [5.74, 6) is 1.65. The number of nitrogens with zero attached hydrogens (tertiary/aromatic N) is 4. The van der Waals surface area contributed by atoms with Gasteiger partial charge in [-0.1, -0.05) is 19.0 Å². The summed E-state index contributed by atoms with van der Waals surface area (Å²) in [7, 11) is 0. The molecule has 128 valence electrons. The molecule has 0 atom stereocenters. The highest BCUT2D eigenvalue weighted by molar-refractivity contribution is 5.94. The molecule has 0 radical (unpaired) electrons. The largest absolute Gasteiger partial charge is 0.452 e. The molecule has 0 saturated carbocycles. The van der Waals surface area contributed by atoms with Crippen LogP contribution in [0.1, 0.15) is 48.8 Å². The molecule has 24 heavy (non-hydrogen) atoms. The van der Waals surface area contributed by atoms with Crippen molar-refractivity contribution in [3.63, 3.8) is 0 Å². The van der Waals surface area contributed by atoms with E-state index in [1.807, 2.05) is 0 Å². The highest BCUT2D eigenvalue weighted by Gasteiger charge is 2.22. The number of carbonyl (C=O) groups excluding carboxylic acids is 1. The van der Waals surface area contributed by atoms with E-state index in [0.29, 0.717) is 29.0 Å². The highest BCUT2D eigenvalue weighted by Crippen LogP contribution is 2.22. The molecular weight excluding hydrogens is 308 g/mol. The molecule has 1 saturated heterocycles. The fourth-order valence-corrected chi connectivity index (χ4v) is 2.74. The molecule has 2 aromatic rings. The minimum absolute atomic E-state index is 0.0295. The van der Waals surface area contributed by atoms with E-state index in [1.54, 1.807) is 18.3 Å². The van der Waals surface area contributed by atoms with E-state index in [1.165, 1.54) is 0 Å². The number of rotatable bonds is 6. The number of ether oxygens (including phenoxy) is 1. The maximum absolute atomic E-state index is 12.4. The van der Waals surface area contributed by atoms with Gasteiger partial charge in [0.25, 0.3) is 5.89 Å². The van der Waals surface area contributed by atoms with E-state index in [9.17, 15) is 4.79 Å². The highest BCUT2D eigenvalue weighted by atomic mass is 16.6. The first-order valence-corrected chi connectivity index (χ1v) is 8.32. The van der Waals surface area contributed by atoms with Crippen LogP contribution in [0.15, 0.2) is 22.9 Å². The van der Waals surface area contributed by atoms with Crippen LogP contribution in [0.3, 0.4) is 0 Å². The first-order valence-electron chi connectivity index (χ1n) is 8.32. The van der Waals surface area contributed by atoms with Gasteiger partial charge in [0.1, 0.15) is 11.4 Å². The van der Waals surface area contributed by atoms with Gasteiger partial charge < -0.3 is 14.2 Å². The maximum Gasteiger partial charge on any atom is 0.342 e. The lowest BCUT2D eigenvalue weighted by molar-refractivity contribution is 0.0430. The second-order valence-corrected chi connectivity index (χ2v) is 6.35. The van der Waals surface area contributed by atoms with Gasteiger partial charge in [-0.3, -0.25) is 0 Å². The van der Waals surface area contributed by atoms with Crippen LogP contribution in [0.4, 0.5) is 5.82 Å². The monoisotopic (exact) mass is 330 g/mol. The Kier molecular flexibility index (Phi) is 5.08. The lowest BCUT2D eigenvalue weighted by atomic mass is 10.1. The number of hydrogen-bond donors (Lipinski definition) is 0. The van der Waals surface area contributed by atoms with Crippen LogP contribution in [-0.2, 0) is 17.8 Å². The van der Waals surface area contributed by atoms with Crippen LogP contribution in [-0.4, -0.2) is 34.2 Å². The molecule has 1 aliphatic heterocycles. The predicted molar refractivity (Wildman–Crippen MR) is 87.6 cm³/mol. The van der Waals surface area contributed by atoms with Crippen LogP contribution in [0.5, 0.6) is 0 Å². The minimum Gasteiger partial charge on any atom is -0.452 e. The lowest BCUT2D eigenvalue weighted by Gasteiger charge is -2.18. The average molecular weight is 330 g/mol. The first-order chi connectivity index (χ1) is 11.6. The Bertz CT molecular complexity index is 693. The lowest BCUT2D eigenvalue weighted by Crippen LogP contribution is -2.22. The van der Waals surface area contributed by atoms with E-state index in [-0.39, 0.29) is 6.61 Å². The van der Waals surface area contributed by atoms with E-state index in [4.69, 9.17) is 9.26 Å². The van der Waals surface area contributed by atoms with E-state index in [0.717, 1.165) is 32.4 Å². The molecule has 3 rings (SSSR count). The second-order valence-electron chi connectivity index (χ2n) is 6.35. The molecule has 0 unspecified atom stereocenters. The van der Waals surface area contributed by atoms with Crippen molar-refractivity contribution in [2.75, 3.05) is 18.0 Å². The summed E-state index contributed by atoms with van der Waals surface area (Å²) >= 11 is 0. The van der Waals surface area contributed by atoms with Gasteiger partial charge in [0.05, 0.1) is 0 Å². The van der Waals surface area contributed by atoms with E-state index in [2.05, 4.69) is 33.9 Å². The third kappa shape index (κ3) is 3.90. The van der Waals surface area contributed by atoms with Crippen LogP contribution in [0.2, 0.25) is 0 Å². The van der Waals surface area contributed by atoms with Crippen LogP contribution in [0, 0.1) is 5.92 Å². The van der Waals surface area contributed by atoms with Crippen molar-refractivity contribution in [3.05, 3.63) is 35.6 Å². The van der Waals surface area contributed by atoms with Gasteiger partial charge in [-0.2, -0.15) is 4.98 Å². The Hall–Kier alpha value is -2.44. The zero-order valence-electron chi connectivity index (χ0n) is 14.1. The summed E-state index contributed by atoms with van der Waals surface area (Å²) in [4.78, 5) is 23.1.